The average molecular weight is 252 g/mol. The first-order chi connectivity index (χ1) is 8.38. The van der Waals surface area contributed by atoms with Crippen LogP contribution in [-0.2, 0) is 0 Å². The Labute approximate surface area is 108 Å². The van der Waals surface area contributed by atoms with Crippen LogP contribution in [-0.4, -0.2) is 23.4 Å². The van der Waals surface area contributed by atoms with Crippen molar-refractivity contribution in [2.75, 3.05) is 6.54 Å². The van der Waals surface area contributed by atoms with Crippen LogP contribution < -0.4 is 5.73 Å². The van der Waals surface area contributed by atoms with Gasteiger partial charge < -0.3 is 10.6 Å². The minimum Gasteiger partial charge on any atom is -0.337 e. The average Bonchev–Trinajstić information content (AvgIpc) is 2.28. The number of rotatable bonds is 4. The fraction of sp³-hybridized carbons (Fsp3) is 0.500. The van der Waals surface area contributed by atoms with Gasteiger partial charge in [-0.2, -0.15) is 0 Å². The molecular weight excluding hydrogens is 231 g/mol. The molecule has 0 aromatic heterocycles. The Kier molecular flexibility index (Phi) is 4.84. The summed E-state index contributed by atoms with van der Waals surface area (Å²) in [6.45, 7) is 8.10. The van der Waals surface area contributed by atoms with Crippen molar-refractivity contribution in [1.82, 2.24) is 4.90 Å². The summed E-state index contributed by atoms with van der Waals surface area (Å²) in [5, 5.41) is 0. The number of halogens is 1. The molecule has 0 heterocycles. The molecular formula is C14H21FN2O. The largest absolute Gasteiger partial charge is 0.337 e. The quantitative estimate of drug-likeness (QED) is 0.895. The van der Waals surface area contributed by atoms with E-state index in [4.69, 9.17) is 5.73 Å². The molecule has 1 aromatic rings. The molecule has 0 fully saturated rings. The van der Waals surface area contributed by atoms with Crippen LogP contribution in [0.2, 0.25) is 0 Å². The maximum absolute atomic E-state index is 13.8. The molecule has 0 saturated heterocycles. The van der Waals surface area contributed by atoms with E-state index in [0.29, 0.717) is 17.7 Å². The molecule has 0 aliphatic heterocycles. The summed E-state index contributed by atoms with van der Waals surface area (Å²) in [7, 11) is 0. The number of hydrogen-bond donors (Lipinski definition) is 1. The van der Waals surface area contributed by atoms with Crippen LogP contribution >= 0.6 is 0 Å². The van der Waals surface area contributed by atoms with Crippen molar-refractivity contribution in [3.63, 3.8) is 0 Å². The van der Waals surface area contributed by atoms with Gasteiger partial charge in [0.05, 0.1) is 0 Å². The van der Waals surface area contributed by atoms with E-state index < -0.39 is 5.82 Å². The zero-order chi connectivity index (χ0) is 13.9. The van der Waals surface area contributed by atoms with E-state index in [2.05, 4.69) is 0 Å². The lowest BCUT2D eigenvalue weighted by Crippen LogP contribution is -2.36. The highest BCUT2D eigenvalue weighted by Gasteiger charge is 2.18. The van der Waals surface area contributed by atoms with Gasteiger partial charge >= 0.3 is 0 Å². The summed E-state index contributed by atoms with van der Waals surface area (Å²) in [6, 6.07) is 4.21. The summed E-state index contributed by atoms with van der Waals surface area (Å²) >= 11 is 0. The molecule has 1 amide bonds. The van der Waals surface area contributed by atoms with Gasteiger partial charge in [-0.15, -0.1) is 0 Å². The molecule has 1 aromatic carbocycles. The van der Waals surface area contributed by atoms with E-state index in [-0.39, 0.29) is 18.0 Å². The first kappa shape index (κ1) is 14.6. The summed E-state index contributed by atoms with van der Waals surface area (Å²) in [5.41, 5.74) is 6.44. The van der Waals surface area contributed by atoms with E-state index in [1.807, 2.05) is 20.8 Å². The highest BCUT2D eigenvalue weighted by Crippen LogP contribution is 2.18. The Morgan fingerprint density at radius 3 is 2.39 bits per heavy atom. The van der Waals surface area contributed by atoms with Crippen molar-refractivity contribution in [3.8, 4) is 0 Å². The van der Waals surface area contributed by atoms with Gasteiger partial charge in [-0.25, -0.2) is 4.39 Å². The van der Waals surface area contributed by atoms with Crippen LogP contribution in [0.4, 0.5) is 4.39 Å². The highest BCUT2D eigenvalue weighted by atomic mass is 19.1. The summed E-state index contributed by atoms with van der Waals surface area (Å²) in [5.74, 6) is -0.571. The van der Waals surface area contributed by atoms with E-state index in [0.717, 1.165) is 0 Å². The molecule has 4 heteroatoms. The fourth-order valence-electron chi connectivity index (χ4n) is 1.94. The third-order valence-corrected chi connectivity index (χ3v) is 2.96. The SMILES string of the molecule is CCN(C(=O)c1ccc(C(C)N)c(F)c1)C(C)C. The number of amides is 1. The zero-order valence-corrected chi connectivity index (χ0v) is 11.4. The molecule has 1 rings (SSSR count). The number of nitrogens with zero attached hydrogens (tertiary/aromatic N) is 1. The monoisotopic (exact) mass is 252 g/mol. The second-order valence-electron chi connectivity index (χ2n) is 4.71. The Morgan fingerprint density at radius 1 is 1.39 bits per heavy atom. The van der Waals surface area contributed by atoms with Gasteiger partial charge in [0.2, 0.25) is 0 Å². The van der Waals surface area contributed by atoms with Gasteiger partial charge in [0, 0.05) is 29.8 Å². The van der Waals surface area contributed by atoms with Gasteiger partial charge in [-0.3, -0.25) is 4.79 Å². The van der Waals surface area contributed by atoms with Crippen molar-refractivity contribution >= 4 is 5.91 Å². The first-order valence-electron chi connectivity index (χ1n) is 6.24. The van der Waals surface area contributed by atoms with Crippen LogP contribution in [0.5, 0.6) is 0 Å². The molecule has 1 unspecified atom stereocenters. The highest BCUT2D eigenvalue weighted by molar-refractivity contribution is 5.94. The number of benzene rings is 1. The van der Waals surface area contributed by atoms with Crippen molar-refractivity contribution < 1.29 is 9.18 Å². The molecule has 100 valence electrons. The summed E-state index contributed by atoms with van der Waals surface area (Å²) in [4.78, 5) is 13.9. The first-order valence-corrected chi connectivity index (χ1v) is 6.24. The number of nitrogens with two attached hydrogens (primary N) is 1. The van der Waals surface area contributed by atoms with Crippen LogP contribution in [0.15, 0.2) is 18.2 Å². The van der Waals surface area contributed by atoms with Gasteiger partial charge in [0.25, 0.3) is 5.91 Å². The Hall–Kier alpha value is -1.42. The normalized spacial score (nSPS) is 12.6. The number of carbonyl (C=O) groups excluding carboxylic acids is 1. The van der Waals surface area contributed by atoms with E-state index in [1.54, 1.807) is 24.0 Å². The van der Waals surface area contributed by atoms with Crippen molar-refractivity contribution in [1.29, 1.82) is 0 Å². The fourth-order valence-corrected chi connectivity index (χ4v) is 1.94. The molecule has 0 radical (unpaired) electrons. The van der Waals surface area contributed by atoms with Gasteiger partial charge in [-0.1, -0.05) is 6.07 Å². The predicted molar refractivity (Wildman–Crippen MR) is 70.8 cm³/mol. The second kappa shape index (κ2) is 5.96. The van der Waals surface area contributed by atoms with E-state index >= 15 is 0 Å². The lowest BCUT2D eigenvalue weighted by molar-refractivity contribution is 0.0716. The third-order valence-electron chi connectivity index (χ3n) is 2.96. The van der Waals surface area contributed by atoms with Gasteiger partial charge in [0.1, 0.15) is 5.82 Å². The summed E-state index contributed by atoms with van der Waals surface area (Å²) < 4.78 is 13.8. The minimum atomic E-state index is -0.421. The lowest BCUT2D eigenvalue weighted by Gasteiger charge is -2.25. The second-order valence-corrected chi connectivity index (χ2v) is 4.71. The standard InChI is InChI=1S/C14H21FN2O/c1-5-17(9(2)3)14(18)11-6-7-12(10(4)16)13(15)8-11/h6-10H,5,16H2,1-4H3. The van der Waals surface area contributed by atoms with E-state index in [9.17, 15) is 9.18 Å². The maximum atomic E-state index is 13.8. The van der Waals surface area contributed by atoms with Crippen LogP contribution in [0.1, 0.15) is 49.7 Å². The molecule has 18 heavy (non-hydrogen) atoms. The van der Waals surface area contributed by atoms with Gasteiger partial charge in [0.15, 0.2) is 0 Å². The molecule has 0 bridgehead atoms. The molecule has 0 spiro atoms. The molecule has 1 atom stereocenters. The van der Waals surface area contributed by atoms with Crippen molar-refractivity contribution in [2.45, 2.75) is 39.8 Å². The Bertz CT molecular complexity index is 430. The zero-order valence-electron chi connectivity index (χ0n) is 11.4. The van der Waals surface area contributed by atoms with Crippen molar-refractivity contribution in [2.24, 2.45) is 5.73 Å². The molecule has 2 N–H and O–H groups in total. The van der Waals surface area contributed by atoms with Crippen molar-refractivity contribution in [3.05, 3.63) is 35.1 Å². The maximum Gasteiger partial charge on any atom is 0.254 e. The molecule has 0 aliphatic carbocycles. The Morgan fingerprint density at radius 2 is 2.00 bits per heavy atom. The van der Waals surface area contributed by atoms with Crippen LogP contribution in [0.25, 0.3) is 0 Å². The smallest absolute Gasteiger partial charge is 0.254 e. The number of hydrogen-bond acceptors (Lipinski definition) is 2. The molecule has 3 nitrogen and oxygen atoms in total. The molecule has 0 saturated carbocycles. The minimum absolute atomic E-state index is 0.0960. The predicted octanol–water partition coefficient (Wildman–Crippen LogP) is 2.72. The van der Waals surface area contributed by atoms with Crippen LogP contribution in [0, 0.1) is 5.82 Å². The Balaban J connectivity index is 3.04. The third kappa shape index (κ3) is 3.07. The topological polar surface area (TPSA) is 46.3 Å². The molecule has 0 aliphatic rings. The van der Waals surface area contributed by atoms with E-state index in [1.165, 1.54) is 6.07 Å². The number of carbonyl (C=O) groups is 1. The summed E-state index contributed by atoms with van der Waals surface area (Å²) in [6.07, 6.45) is 0. The van der Waals surface area contributed by atoms with Crippen LogP contribution in [0.3, 0.4) is 0 Å². The van der Waals surface area contributed by atoms with Gasteiger partial charge in [-0.05, 0) is 39.8 Å². The lowest BCUT2D eigenvalue weighted by atomic mass is 10.0.